The van der Waals surface area contributed by atoms with E-state index in [2.05, 4.69) is 4.98 Å². The van der Waals surface area contributed by atoms with Crippen LogP contribution in [0.15, 0.2) is 18.3 Å². The highest BCUT2D eigenvalue weighted by Gasteiger charge is 2.25. The molecule has 0 saturated heterocycles. The minimum absolute atomic E-state index is 0.209. The van der Waals surface area contributed by atoms with Crippen LogP contribution < -0.4 is 0 Å². The third-order valence-electron chi connectivity index (χ3n) is 2.44. The molecule has 0 amide bonds. The lowest BCUT2D eigenvalue weighted by molar-refractivity contribution is 0.0970. The summed E-state index contributed by atoms with van der Waals surface area (Å²) in [5.41, 5.74) is 1.66. The highest BCUT2D eigenvalue weighted by Crippen LogP contribution is 2.33. The van der Waals surface area contributed by atoms with Crippen LogP contribution in [0, 0.1) is 12.8 Å². The third-order valence-corrected chi connectivity index (χ3v) is 2.44. The monoisotopic (exact) mass is 175 g/mol. The summed E-state index contributed by atoms with van der Waals surface area (Å²) < 4.78 is 0. The summed E-state index contributed by atoms with van der Waals surface area (Å²) in [6.45, 7) is 1.94. The van der Waals surface area contributed by atoms with Crippen molar-refractivity contribution in [2.24, 2.45) is 5.92 Å². The molecule has 1 heterocycles. The SMILES string of the molecule is Cc1cccnc1C(=O)CC1CC1. The van der Waals surface area contributed by atoms with Gasteiger partial charge in [-0.2, -0.15) is 0 Å². The van der Waals surface area contributed by atoms with Gasteiger partial charge in [0.2, 0.25) is 0 Å². The number of ketones is 1. The van der Waals surface area contributed by atoms with E-state index in [-0.39, 0.29) is 5.78 Å². The molecule has 0 aromatic carbocycles. The van der Waals surface area contributed by atoms with E-state index in [4.69, 9.17) is 0 Å². The van der Waals surface area contributed by atoms with Crippen LogP contribution in [0.2, 0.25) is 0 Å². The van der Waals surface area contributed by atoms with Crippen molar-refractivity contribution in [2.45, 2.75) is 26.2 Å². The molecule has 2 nitrogen and oxygen atoms in total. The second-order valence-electron chi connectivity index (χ2n) is 3.74. The Labute approximate surface area is 78.0 Å². The second-order valence-corrected chi connectivity index (χ2v) is 3.74. The van der Waals surface area contributed by atoms with Gasteiger partial charge in [-0.05, 0) is 37.3 Å². The number of aromatic nitrogens is 1. The number of hydrogen-bond acceptors (Lipinski definition) is 2. The van der Waals surface area contributed by atoms with Gasteiger partial charge >= 0.3 is 0 Å². The summed E-state index contributed by atoms with van der Waals surface area (Å²) in [5, 5.41) is 0. The van der Waals surface area contributed by atoms with E-state index in [0.29, 0.717) is 18.0 Å². The lowest BCUT2D eigenvalue weighted by Crippen LogP contribution is -2.05. The van der Waals surface area contributed by atoms with Gasteiger partial charge in [-0.25, -0.2) is 0 Å². The van der Waals surface area contributed by atoms with Gasteiger partial charge in [-0.3, -0.25) is 9.78 Å². The van der Waals surface area contributed by atoms with E-state index in [1.54, 1.807) is 6.20 Å². The van der Waals surface area contributed by atoms with Crippen LogP contribution in [-0.4, -0.2) is 10.8 Å². The predicted octanol–water partition coefficient (Wildman–Crippen LogP) is 2.37. The summed E-state index contributed by atoms with van der Waals surface area (Å²) in [5.74, 6) is 0.856. The molecule has 0 bridgehead atoms. The standard InChI is InChI=1S/C11H13NO/c1-8-3-2-6-12-11(8)10(13)7-9-4-5-9/h2-3,6,9H,4-5,7H2,1H3. The Morgan fingerprint density at radius 3 is 3.00 bits per heavy atom. The fourth-order valence-electron chi connectivity index (χ4n) is 1.46. The summed E-state index contributed by atoms with van der Waals surface area (Å²) >= 11 is 0. The third kappa shape index (κ3) is 1.94. The van der Waals surface area contributed by atoms with Crippen LogP contribution in [0.4, 0.5) is 0 Å². The molecule has 2 rings (SSSR count). The fourth-order valence-corrected chi connectivity index (χ4v) is 1.46. The van der Waals surface area contributed by atoms with Crippen molar-refractivity contribution in [1.82, 2.24) is 4.98 Å². The molecule has 0 N–H and O–H groups in total. The molecular formula is C11H13NO. The highest BCUT2D eigenvalue weighted by atomic mass is 16.1. The Morgan fingerprint density at radius 2 is 2.38 bits per heavy atom. The number of nitrogens with zero attached hydrogens (tertiary/aromatic N) is 1. The lowest BCUT2D eigenvalue weighted by Gasteiger charge is -2.01. The van der Waals surface area contributed by atoms with Gasteiger partial charge in [0.15, 0.2) is 5.78 Å². The van der Waals surface area contributed by atoms with Crippen LogP contribution in [0.3, 0.4) is 0 Å². The quantitative estimate of drug-likeness (QED) is 0.660. The topological polar surface area (TPSA) is 30.0 Å². The van der Waals surface area contributed by atoms with Gasteiger partial charge in [0.25, 0.3) is 0 Å². The number of aryl methyl sites for hydroxylation is 1. The summed E-state index contributed by atoms with van der Waals surface area (Å²) in [7, 11) is 0. The molecule has 0 unspecified atom stereocenters. The van der Waals surface area contributed by atoms with E-state index in [9.17, 15) is 4.79 Å². The molecule has 0 spiro atoms. The molecule has 1 aliphatic rings. The van der Waals surface area contributed by atoms with Gasteiger partial charge in [0, 0.05) is 12.6 Å². The maximum absolute atomic E-state index is 11.7. The highest BCUT2D eigenvalue weighted by molar-refractivity contribution is 5.95. The normalized spacial score (nSPS) is 15.8. The van der Waals surface area contributed by atoms with Crippen molar-refractivity contribution < 1.29 is 4.79 Å². The Bertz CT molecular complexity index is 329. The second kappa shape index (κ2) is 3.29. The van der Waals surface area contributed by atoms with Crippen LogP contribution in [-0.2, 0) is 0 Å². The zero-order valence-corrected chi connectivity index (χ0v) is 7.79. The predicted molar refractivity (Wildman–Crippen MR) is 50.6 cm³/mol. The van der Waals surface area contributed by atoms with Crippen molar-refractivity contribution in [1.29, 1.82) is 0 Å². The molecule has 1 fully saturated rings. The Morgan fingerprint density at radius 1 is 1.62 bits per heavy atom. The largest absolute Gasteiger partial charge is 0.292 e. The summed E-state index contributed by atoms with van der Waals surface area (Å²) in [6, 6.07) is 3.80. The van der Waals surface area contributed by atoms with Crippen molar-refractivity contribution in [3.05, 3.63) is 29.6 Å². The smallest absolute Gasteiger partial charge is 0.181 e. The number of hydrogen-bond donors (Lipinski definition) is 0. The van der Waals surface area contributed by atoms with E-state index >= 15 is 0 Å². The zero-order valence-electron chi connectivity index (χ0n) is 7.79. The molecule has 68 valence electrons. The number of Topliss-reactive ketones (excluding diaryl/α,β-unsaturated/α-hetero) is 1. The van der Waals surface area contributed by atoms with Gasteiger partial charge in [0.1, 0.15) is 5.69 Å². The fraction of sp³-hybridized carbons (Fsp3) is 0.455. The van der Waals surface area contributed by atoms with Gasteiger partial charge in [-0.1, -0.05) is 6.07 Å². The average molecular weight is 175 g/mol. The lowest BCUT2D eigenvalue weighted by atomic mass is 10.1. The first kappa shape index (κ1) is 8.42. The molecule has 2 heteroatoms. The summed E-state index contributed by atoms with van der Waals surface area (Å²) in [6.07, 6.45) is 4.82. The molecule has 0 radical (unpaired) electrons. The number of pyridine rings is 1. The molecule has 1 aliphatic carbocycles. The first-order chi connectivity index (χ1) is 6.27. The summed E-state index contributed by atoms with van der Waals surface area (Å²) in [4.78, 5) is 15.8. The van der Waals surface area contributed by atoms with Crippen molar-refractivity contribution in [2.75, 3.05) is 0 Å². The van der Waals surface area contributed by atoms with Crippen molar-refractivity contribution in [3.63, 3.8) is 0 Å². The van der Waals surface area contributed by atoms with E-state index < -0.39 is 0 Å². The minimum Gasteiger partial charge on any atom is -0.292 e. The molecule has 13 heavy (non-hydrogen) atoms. The molecule has 0 atom stereocenters. The van der Waals surface area contributed by atoms with Crippen LogP contribution in [0.1, 0.15) is 35.3 Å². The first-order valence-corrected chi connectivity index (χ1v) is 4.72. The molecule has 0 aliphatic heterocycles. The van der Waals surface area contributed by atoms with E-state index in [1.807, 2.05) is 19.1 Å². The minimum atomic E-state index is 0.209. The maximum atomic E-state index is 11.7. The van der Waals surface area contributed by atoms with Gasteiger partial charge < -0.3 is 0 Å². The van der Waals surface area contributed by atoms with Crippen LogP contribution >= 0.6 is 0 Å². The van der Waals surface area contributed by atoms with Crippen molar-refractivity contribution >= 4 is 5.78 Å². The number of carbonyl (C=O) groups excluding carboxylic acids is 1. The molecule has 1 aromatic rings. The maximum Gasteiger partial charge on any atom is 0.181 e. The molecular weight excluding hydrogens is 162 g/mol. The first-order valence-electron chi connectivity index (χ1n) is 4.72. The molecule has 1 saturated carbocycles. The van der Waals surface area contributed by atoms with Crippen LogP contribution in [0.5, 0.6) is 0 Å². The Balaban J connectivity index is 2.13. The average Bonchev–Trinajstić information content (AvgIpc) is 2.89. The zero-order chi connectivity index (χ0) is 9.26. The molecule has 1 aromatic heterocycles. The van der Waals surface area contributed by atoms with E-state index in [0.717, 1.165) is 5.56 Å². The number of carbonyl (C=O) groups is 1. The number of rotatable bonds is 3. The van der Waals surface area contributed by atoms with Gasteiger partial charge in [-0.15, -0.1) is 0 Å². The van der Waals surface area contributed by atoms with Gasteiger partial charge in [0.05, 0.1) is 0 Å². The van der Waals surface area contributed by atoms with Crippen molar-refractivity contribution in [3.8, 4) is 0 Å². The Hall–Kier alpha value is -1.18. The Kier molecular flexibility index (Phi) is 2.13. The van der Waals surface area contributed by atoms with Crippen LogP contribution in [0.25, 0.3) is 0 Å². The van der Waals surface area contributed by atoms with E-state index in [1.165, 1.54) is 12.8 Å².